The van der Waals surface area contributed by atoms with Crippen LogP contribution in [-0.2, 0) is 0 Å². The quantitative estimate of drug-likeness (QED) is 0.638. The van der Waals surface area contributed by atoms with Gasteiger partial charge in [0.2, 0.25) is 0 Å². The Morgan fingerprint density at radius 3 is 1.75 bits per heavy atom. The third-order valence-electron chi connectivity index (χ3n) is 3.20. The van der Waals surface area contributed by atoms with E-state index in [4.69, 9.17) is 0 Å². The van der Waals surface area contributed by atoms with Gasteiger partial charge in [-0.15, -0.1) is 0 Å². The number of hydrogen-bond donors (Lipinski definition) is 0. The van der Waals surface area contributed by atoms with E-state index < -0.39 is 0 Å². The van der Waals surface area contributed by atoms with Crippen LogP contribution in [0.5, 0.6) is 0 Å². The van der Waals surface area contributed by atoms with Gasteiger partial charge in [-0.3, -0.25) is 0 Å². The van der Waals surface area contributed by atoms with Gasteiger partial charge in [-0.05, 0) is 47.9 Å². The zero-order valence-corrected chi connectivity index (χ0v) is 11.5. The second-order valence-electron chi connectivity index (χ2n) is 5.09. The first kappa shape index (κ1) is 13.0. The smallest absolute Gasteiger partial charge is 0.0161 e. The molecule has 1 aromatic rings. The maximum Gasteiger partial charge on any atom is -0.0161 e. The van der Waals surface area contributed by atoms with E-state index in [-0.39, 0.29) is 0 Å². The predicted molar refractivity (Wildman–Crippen MR) is 73.9 cm³/mol. The van der Waals surface area contributed by atoms with Crippen molar-refractivity contribution in [3.8, 4) is 0 Å². The molecule has 0 saturated heterocycles. The standard InChI is InChI=1S/C16H24/c1-7-13(6)16-14(11(2)3)9-8-10-15(16)12(4)5/h7-12H,1-6H3/b13-7+. The molecular formula is C16H24. The molecule has 0 aliphatic rings. The molecule has 1 rings (SSSR count). The van der Waals surface area contributed by atoms with Gasteiger partial charge in [-0.1, -0.05) is 52.0 Å². The van der Waals surface area contributed by atoms with Crippen LogP contribution >= 0.6 is 0 Å². The summed E-state index contributed by atoms with van der Waals surface area (Å²) in [4.78, 5) is 0. The molecule has 0 aromatic heterocycles. The van der Waals surface area contributed by atoms with Crippen LogP contribution in [0, 0.1) is 0 Å². The third kappa shape index (κ3) is 2.55. The van der Waals surface area contributed by atoms with Crippen molar-refractivity contribution in [3.05, 3.63) is 41.0 Å². The van der Waals surface area contributed by atoms with Gasteiger partial charge in [0.05, 0.1) is 0 Å². The van der Waals surface area contributed by atoms with E-state index >= 15 is 0 Å². The molecule has 0 heteroatoms. The first-order valence-electron chi connectivity index (χ1n) is 6.25. The van der Waals surface area contributed by atoms with E-state index in [1.165, 1.54) is 22.3 Å². The molecule has 0 atom stereocenters. The summed E-state index contributed by atoms with van der Waals surface area (Å²) in [6, 6.07) is 6.72. The molecule has 0 nitrogen and oxygen atoms in total. The lowest BCUT2D eigenvalue weighted by Crippen LogP contribution is -2.01. The average Bonchev–Trinajstić information content (AvgIpc) is 2.26. The molecule has 0 N–H and O–H groups in total. The lowest BCUT2D eigenvalue weighted by atomic mass is 9.85. The molecule has 0 radical (unpaired) electrons. The SMILES string of the molecule is C/C=C(\C)c1c(C(C)C)cccc1C(C)C. The van der Waals surface area contributed by atoms with E-state index in [0.717, 1.165) is 0 Å². The molecule has 0 spiro atoms. The Balaban J connectivity index is 3.47. The first-order valence-corrected chi connectivity index (χ1v) is 6.25. The molecule has 1 aromatic carbocycles. The van der Waals surface area contributed by atoms with Crippen LogP contribution in [-0.4, -0.2) is 0 Å². The van der Waals surface area contributed by atoms with Crippen LogP contribution in [0.3, 0.4) is 0 Å². The zero-order chi connectivity index (χ0) is 12.3. The fourth-order valence-corrected chi connectivity index (χ4v) is 2.15. The third-order valence-corrected chi connectivity index (χ3v) is 3.20. The second kappa shape index (κ2) is 5.34. The molecule has 0 aliphatic heterocycles. The minimum absolute atomic E-state index is 0.587. The van der Waals surface area contributed by atoms with Gasteiger partial charge in [0, 0.05) is 0 Å². The Kier molecular flexibility index (Phi) is 4.35. The lowest BCUT2D eigenvalue weighted by molar-refractivity contribution is 0.827. The van der Waals surface area contributed by atoms with Crippen LogP contribution < -0.4 is 0 Å². The van der Waals surface area contributed by atoms with Crippen molar-refractivity contribution >= 4 is 5.57 Å². The highest BCUT2D eigenvalue weighted by Crippen LogP contribution is 2.32. The van der Waals surface area contributed by atoms with Crippen molar-refractivity contribution in [2.75, 3.05) is 0 Å². The molecule has 0 fully saturated rings. The van der Waals surface area contributed by atoms with Crippen LogP contribution in [0.25, 0.3) is 5.57 Å². The van der Waals surface area contributed by atoms with Crippen molar-refractivity contribution in [1.82, 2.24) is 0 Å². The van der Waals surface area contributed by atoms with E-state index in [1.54, 1.807) is 0 Å². The van der Waals surface area contributed by atoms with Gasteiger partial charge < -0.3 is 0 Å². The number of allylic oxidation sites excluding steroid dienone is 2. The Hall–Kier alpha value is -1.04. The van der Waals surface area contributed by atoms with Gasteiger partial charge >= 0.3 is 0 Å². The van der Waals surface area contributed by atoms with Crippen molar-refractivity contribution in [1.29, 1.82) is 0 Å². The summed E-state index contributed by atoms with van der Waals surface area (Å²) >= 11 is 0. The number of rotatable bonds is 3. The summed E-state index contributed by atoms with van der Waals surface area (Å²) < 4.78 is 0. The first-order chi connectivity index (χ1) is 7.49. The largest absolute Gasteiger partial charge is 0.0841 e. The fourth-order valence-electron chi connectivity index (χ4n) is 2.15. The summed E-state index contributed by atoms with van der Waals surface area (Å²) in [6.07, 6.45) is 2.22. The van der Waals surface area contributed by atoms with E-state index in [1.807, 2.05) is 0 Å². The highest BCUT2D eigenvalue weighted by atomic mass is 14.2. The molecule has 16 heavy (non-hydrogen) atoms. The van der Waals surface area contributed by atoms with E-state index in [0.29, 0.717) is 11.8 Å². The van der Waals surface area contributed by atoms with Crippen LogP contribution in [0.2, 0.25) is 0 Å². The fraction of sp³-hybridized carbons (Fsp3) is 0.500. The Bertz CT molecular complexity index is 355. The normalized spacial score (nSPS) is 12.6. The molecule has 0 bridgehead atoms. The van der Waals surface area contributed by atoms with Crippen LogP contribution in [0.15, 0.2) is 24.3 Å². The molecule has 0 heterocycles. The Morgan fingerprint density at radius 2 is 1.44 bits per heavy atom. The molecule has 88 valence electrons. The van der Waals surface area contributed by atoms with Gasteiger partial charge in [0.1, 0.15) is 0 Å². The maximum atomic E-state index is 2.27. The van der Waals surface area contributed by atoms with Crippen molar-refractivity contribution in [2.45, 2.75) is 53.4 Å². The lowest BCUT2D eigenvalue weighted by Gasteiger charge is -2.20. The summed E-state index contributed by atoms with van der Waals surface area (Å²) in [5.41, 5.74) is 5.81. The molecule has 0 aliphatic carbocycles. The Morgan fingerprint density at radius 1 is 1.00 bits per heavy atom. The Labute approximate surface area is 100 Å². The van der Waals surface area contributed by atoms with Gasteiger partial charge in [0.15, 0.2) is 0 Å². The minimum atomic E-state index is 0.587. The summed E-state index contributed by atoms with van der Waals surface area (Å²) in [7, 11) is 0. The number of benzene rings is 1. The van der Waals surface area contributed by atoms with Gasteiger partial charge in [-0.25, -0.2) is 0 Å². The minimum Gasteiger partial charge on any atom is -0.0841 e. The number of hydrogen-bond acceptors (Lipinski definition) is 0. The van der Waals surface area contributed by atoms with Crippen molar-refractivity contribution in [2.24, 2.45) is 0 Å². The highest BCUT2D eigenvalue weighted by molar-refractivity contribution is 5.70. The summed E-state index contributed by atoms with van der Waals surface area (Å²) in [5, 5.41) is 0. The van der Waals surface area contributed by atoms with Crippen LogP contribution in [0.1, 0.15) is 70.1 Å². The monoisotopic (exact) mass is 216 g/mol. The van der Waals surface area contributed by atoms with Gasteiger partial charge in [0.25, 0.3) is 0 Å². The molecule has 0 amide bonds. The molecular weight excluding hydrogens is 192 g/mol. The van der Waals surface area contributed by atoms with Crippen LogP contribution in [0.4, 0.5) is 0 Å². The van der Waals surface area contributed by atoms with Crippen molar-refractivity contribution in [3.63, 3.8) is 0 Å². The maximum absolute atomic E-state index is 2.27. The highest BCUT2D eigenvalue weighted by Gasteiger charge is 2.13. The predicted octanol–water partition coefficient (Wildman–Crippen LogP) is 5.36. The molecule has 0 unspecified atom stereocenters. The van der Waals surface area contributed by atoms with E-state index in [2.05, 4.69) is 65.8 Å². The second-order valence-corrected chi connectivity index (χ2v) is 5.09. The summed E-state index contributed by atoms with van der Waals surface area (Å²) in [6.45, 7) is 13.4. The summed E-state index contributed by atoms with van der Waals surface area (Å²) in [5.74, 6) is 1.17. The van der Waals surface area contributed by atoms with Gasteiger partial charge in [-0.2, -0.15) is 0 Å². The average molecular weight is 216 g/mol. The van der Waals surface area contributed by atoms with E-state index in [9.17, 15) is 0 Å². The topological polar surface area (TPSA) is 0 Å². The molecule has 0 saturated carbocycles. The zero-order valence-electron chi connectivity index (χ0n) is 11.5. The van der Waals surface area contributed by atoms with Crippen molar-refractivity contribution < 1.29 is 0 Å².